The van der Waals surface area contributed by atoms with Gasteiger partial charge in [-0.25, -0.2) is 4.98 Å². The highest BCUT2D eigenvalue weighted by atomic mass is 16.5. The summed E-state index contributed by atoms with van der Waals surface area (Å²) in [6.07, 6.45) is 12.5. The van der Waals surface area contributed by atoms with Gasteiger partial charge in [-0.2, -0.15) is 0 Å². The van der Waals surface area contributed by atoms with Gasteiger partial charge in [-0.1, -0.05) is 83.5 Å². The van der Waals surface area contributed by atoms with Crippen LogP contribution in [0.25, 0.3) is 11.3 Å². The van der Waals surface area contributed by atoms with Gasteiger partial charge in [0.25, 0.3) is 0 Å². The lowest BCUT2D eigenvalue weighted by Gasteiger charge is -2.67. The molecule has 7 atom stereocenters. The molecule has 0 aliphatic heterocycles. The highest BCUT2D eigenvalue weighted by molar-refractivity contribution is 6.02. The highest BCUT2D eigenvalue weighted by Crippen LogP contribution is 2.72. The zero-order chi connectivity index (χ0) is 31.2. The number of imidazole rings is 1. The number of nitrogens with one attached hydrogen (secondary N) is 1. The molecule has 1 aromatic heterocycles. The number of carbonyl (C=O) groups is 2. The maximum atomic E-state index is 13.9. The smallest absolute Gasteiger partial charge is 0.302 e. The number of carbonyl (C=O) groups excluding carboxylic acids is 2. The summed E-state index contributed by atoms with van der Waals surface area (Å²) in [5, 5.41) is 0. The standard InChI is InChI=1S/C39H50N2O3.H2/c1-23(2)33-29(43)21-39(35-40-22-28(41-35)25-11-9-8-10-12-25)20-15-27-26(34(33)39)13-14-31-37(27,6)18-16-30-36(4,5)32(44-24(3)42)17-19-38(30,31)7;/h8-12,15,22-23,26,30-32H,13-14,16-21H2,1-7H3,(H,40,41);1H/t26-,30-,31-,32-,37-,38-,39+;/m0./s1. The second-order valence-electron chi connectivity index (χ2n) is 16.2. The van der Waals surface area contributed by atoms with E-state index in [4.69, 9.17) is 9.72 Å². The number of aromatic nitrogens is 2. The number of rotatable bonds is 4. The van der Waals surface area contributed by atoms with E-state index in [-0.39, 0.29) is 41.1 Å². The third-order valence-electron chi connectivity index (χ3n) is 13.4. The number of H-pyrrole nitrogens is 1. The van der Waals surface area contributed by atoms with Crippen LogP contribution in [-0.2, 0) is 19.7 Å². The highest BCUT2D eigenvalue weighted by Gasteiger charge is 2.65. The van der Waals surface area contributed by atoms with E-state index in [1.54, 1.807) is 12.5 Å². The average molecular weight is 597 g/mol. The fourth-order valence-electron chi connectivity index (χ4n) is 11.6. The van der Waals surface area contributed by atoms with Crippen LogP contribution in [0.4, 0.5) is 0 Å². The van der Waals surface area contributed by atoms with Gasteiger partial charge in [0.2, 0.25) is 0 Å². The molecule has 44 heavy (non-hydrogen) atoms. The van der Waals surface area contributed by atoms with Gasteiger partial charge in [0.15, 0.2) is 5.78 Å². The van der Waals surface area contributed by atoms with Gasteiger partial charge in [0, 0.05) is 26.1 Å². The fourth-order valence-corrected chi connectivity index (χ4v) is 11.6. The van der Waals surface area contributed by atoms with Crippen molar-refractivity contribution in [1.29, 1.82) is 0 Å². The van der Waals surface area contributed by atoms with Crippen LogP contribution in [0.15, 0.2) is 59.3 Å². The first-order valence-electron chi connectivity index (χ1n) is 17.1. The first-order valence-corrected chi connectivity index (χ1v) is 17.1. The molecule has 1 heterocycles. The third-order valence-corrected chi connectivity index (χ3v) is 13.4. The van der Waals surface area contributed by atoms with Gasteiger partial charge in [0.05, 0.1) is 17.3 Å². The van der Waals surface area contributed by atoms with Gasteiger partial charge < -0.3 is 9.72 Å². The Labute approximate surface area is 264 Å². The number of hydrogen-bond acceptors (Lipinski definition) is 4. The van der Waals surface area contributed by atoms with Crippen molar-refractivity contribution in [2.75, 3.05) is 0 Å². The largest absolute Gasteiger partial charge is 0.462 e. The molecule has 0 bridgehead atoms. The lowest BCUT2D eigenvalue weighted by molar-refractivity contribution is -0.192. The molecule has 7 rings (SSSR count). The molecule has 5 aliphatic carbocycles. The molecule has 5 aliphatic rings. The summed E-state index contributed by atoms with van der Waals surface area (Å²) in [6.45, 7) is 15.8. The minimum absolute atomic E-state index is 0. The van der Waals surface area contributed by atoms with E-state index in [1.165, 1.54) is 12.0 Å². The SMILES string of the molecule is CC(=O)O[C@H]1CC[C@]2(C)[C@H]3CC[C@H]4C(=CC[C@@]5(c6ncc(-c7ccccc7)[nH]6)CC(=O)C(C(C)C)=C45)[C@]3(C)CC[C@H]2C1(C)C.[HH]. The van der Waals surface area contributed by atoms with E-state index < -0.39 is 0 Å². The number of hydrogen-bond donors (Lipinski definition) is 1. The molecule has 0 unspecified atom stereocenters. The third kappa shape index (κ3) is 4.06. The van der Waals surface area contributed by atoms with Crippen molar-refractivity contribution in [3.63, 3.8) is 0 Å². The van der Waals surface area contributed by atoms with E-state index in [9.17, 15) is 9.59 Å². The lowest BCUT2D eigenvalue weighted by atomic mass is 9.38. The summed E-state index contributed by atoms with van der Waals surface area (Å²) in [5.74, 6) is 2.70. The first-order chi connectivity index (χ1) is 20.8. The minimum atomic E-state index is -0.383. The maximum Gasteiger partial charge on any atom is 0.302 e. The van der Waals surface area contributed by atoms with E-state index >= 15 is 0 Å². The van der Waals surface area contributed by atoms with Crippen LogP contribution < -0.4 is 0 Å². The molecule has 1 N–H and O–H groups in total. The number of allylic oxidation sites excluding steroid dienone is 4. The number of nitrogens with zero attached hydrogens (tertiary/aromatic N) is 1. The molecule has 3 fully saturated rings. The Kier molecular flexibility index (Phi) is 6.78. The van der Waals surface area contributed by atoms with Gasteiger partial charge in [-0.15, -0.1) is 0 Å². The Morgan fingerprint density at radius 2 is 1.77 bits per heavy atom. The average Bonchev–Trinajstić information content (AvgIpc) is 3.58. The van der Waals surface area contributed by atoms with Gasteiger partial charge in [-0.05, 0) is 90.2 Å². The van der Waals surface area contributed by atoms with Crippen molar-refractivity contribution in [3.8, 4) is 11.3 Å². The van der Waals surface area contributed by atoms with E-state index in [0.717, 1.165) is 61.2 Å². The van der Waals surface area contributed by atoms with Gasteiger partial charge in [-0.3, -0.25) is 9.59 Å². The zero-order valence-corrected chi connectivity index (χ0v) is 27.8. The maximum absolute atomic E-state index is 13.9. The molecule has 5 nitrogen and oxygen atoms in total. The summed E-state index contributed by atoms with van der Waals surface area (Å²) in [4.78, 5) is 34.7. The van der Waals surface area contributed by atoms with Crippen molar-refractivity contribution >= 4 is 11.8 Å². The summed E-state index contributed by atoms with van der Waals surface area (Å²) >= 11 is 0. The monoisotopic (exact) mass is 596 g/mol. The van der Waals surface area contributed by atoms with Crippen LogP contribution in [0.2, 0.25) is 0 Å². The molecule has 5 heteroatoms. The predicted molar refractivity (Wildman–Crippen MR) is 176 cm³/mol. The topological polar surface area (TPSA) is 72.0 Å². The molecular weight excluding hydrogens is 544 g/mol. The molecule has 0 amide bonds. The number of ether oxygens (including phenoxy) is 1. The summed E-state index contributed by atoms with van der Waals surface area (Å²) in [6, 6.07) is 10.4. The number of ketones is 1. The molecule has 1 aromatic carbocycles. The summed E-state index contributed by atoms with van der Waals surface area (Å²) in [7, 11) is 0. The quantitative estimate of drug-likeness (QED) is 0.282. The van der Waals surface area contributed by atoms with Crippen LogP contribution in [-0.4, -0.2) is 27.8 Å². The summed E-state index contributed by atoms with van der Waals surface area (Å²) in [5.41, 5.74) is 6.06. The Hall–Kier alpha value is -2.95. The van der Waals surface area contributed by atoms with Crippen molar-refractivity contribution in [1.82, 2.24) is 9.97 Å². The Bertz CT molecular complexity index is 1570. The van der Waals surface area contributed by atoms with Crippen LogP contribution >= 0.6 is 0 Å². The predicted octanol–water partition coefficient (Wildman–Crippen LogP) is 9.02. The van der Waals surface area contributed by atoms with Crippen LogP contribution in [0.1, 0.15) is 107 Å². The van der Waals surface area contributed by atoms with Crippen molar-refractivity contribution in [2.45, 2.75) is 111 Å². The van der Waals surface area contributed by atoms with E-state index in [1.807, 2.05) is 12.3 Å². The molecule has 0 spiro atoms. The molecule has 236 valence electrons. The van der Waals surface area contributed by atoms with E-state index in [2.05, 4.69) is 76.9 Å². The number of fused-ring (bicyclic) bond motifs is 7. The number of aromatic amines is 1. The molecular formula is C39H52N2O3. The van der Waals surface area contributed by atoms with Crippen LogP contribution in [0.3, 0.4) is 0 Å². The second kappa shape index (κ2) is 10.0. The number of Topliss-reactive ketones (excluding diaryl/α,β-unsaturated/α-hetero) is 1. The van der Waals surface area contributed by atoms with Crippen molar-refractivity contribution in [3.05, 3.63) is 65.1 Å². The summed E-state index contributed by atoms with van der Waals surface area (Å²) < 4.78 is 5.92. The molecule has 2 aromatic rings. The first kappa shape index (κ1) is 29.7. The van der Waals surface area contributed by atoms with Gasteiger partial charge in [0.1, 0.15) is 11.9 Å². The molecule has 3 saturated carbocycles. The minimum Gasteiger partial charge on any atom is -0.462 e. The Morgan fingerprint density at radius 3 is 2.48 bits per heavy atom. The van der Waals surface area contributed by atoms with Crippen molar-refractivity contribution in [2.24, 2.45) is 39.9 Å². The number of benzene rings is 1. The zero-order valence-electron chi connectivity index (χ0n) is 27.8. The second-order valence-corrected chi connectivity index (χ2v) is 16.2. The number of esters is 1. The van der Waals surface area contributed by atoms with Crippen LogP contribution in [0, 0.1) is 39.9 Å². The van der Waals surface area contributed by atoms with Crippen LogP contribution in [0.5, 0.6) is 0 Å². The Morgan fingerprint density at radius 1 is 1.02 bits per heavy atom. The lowest BCUT2D eigenvalue weighted by Crippen LogP contribution is -2.61. The normalized spacial score (nSPS) is 37.5. The Balaban J connectivity index is 0.00000357. The van der Waals surface area contributed by atoms with Gasteiger partial charge >= 0.3 is 5.97 Å². The molecule has 0 radical (unpaired) electrons. The fraction of sp³-hybridized carbons (Fsp3) is 0.615. The van der Waals surface area contributed by atoms with Crippen molar-refractivity contribution < 1.29 is 15.8 Å². The molecule has 0 saturated heterocycles. The van der Waals surface area contributed by atoms with E-state index in [0.29, 0.717) is 30.0 Å².